The number of hydrogen-bond donors (Lipinski definition) is 4. The summed E-state index contributed by atoms with van der Waals surface area (Å²) in [5.41, 5.74) is 7.30. The highest BCUT2D eigenvalue weighted by molar-refractivity contribution is 5.75. The van der Waals surface area contributed by atoms with Crippen LogP contribution in [-0.4, -0.2) is 21.4 Å². The number of hydrazine groups is 1. The smallest absolute Gasteiger partial charge is 0.219 e. The summed E-state index contributed by atoms with van der Waals surface area (Å²) >= 11 is 0. The number of anilines is 2. The Bertz CT molecular complexity index is 483. The van der Waals surface area contributed by atoms with Gasteiger partial charge in [0.05, 0.1) is 0 Å². The van der Waals surface area contributed by atoms with Crippen LogP contribution < -0.4 is 22.3 Å². The van der Waals surface area contributed by atoms with Gasteiger partial charge < -0.3 is 16.5 Å². The highest BCUT2D eigenvalue weighted by Gasteiger charge is 2.28. The Hall–Kier alpha value is -1.89. The first kappa shape index (κ1) is 13.5. The predicted octanol–water partition coefficient (Wildman–Crippen LogP) is 0.706. The van der Waals surface area contributed by atoms with Crippen LogP contribution in [0.5, 0.6) is 0 Å². The Morgan fingerprint density at radius 1 is 1.42 bits per heavy atom. The molecule has 0 saturated heterocycles. The molecule has 6 N–H and O–H groups in total. The van der Waals surface area contributed by atoms with Gasteiger partial charge in [-0.2, -0.15) is 0 Å². The lowest BCUT2D eigenvalue weighted by atomic mass is 10.0. The van der Waals surface area contributed by atoms with Crippen LogP contribution >= 0.6 is 0 Å². The maximum Gasteiger partial charge on any atom is 0.219 e. The van der Waals surface area contributed by atoms with E-state index in [-0.39, 0.29) is 12.3 Å². The van der Waals surface area contributed by atoms with Crippen LogP contribution in [0.1, 0.15) is 44.9 Å². The Kier molecular flexibility index (Phi) is 3.57. The molecule has 0 radical (unpaired) electrons. The predicted molar refractivity (Wildman–Crippen MR) is 73.3 cm³/mol. The Morgan fingerprint density at radius 2 is 2.05 bits per heavy atom. The monoisotopic (exact) mass is 264 g/mol. The van der Waals surface area contributed by atoms with Crippen LogP contribution in [0.15, 0.2) is 6.07 Å². The Balaban J connectivity index is 2.18. The number of rotatable bonds is 6. The maximum atomic E-state index is 11.0. The normalized spacial score (nSPS) is 15.1. The average Bonchev–Trinajstić information content (AvgIpc) is 3.09. The molecule has 1 fully saturated rings. The van der Waals surface area contributed by atoms with E-state index in [2.05, 4.69) is 20.7 Å². The van der Waals surface area contributed by atoms with Crippen molar-refractivity contribution in [1.82, 2.24) is 9.97 Å². The molecular formula is C12H20N6O. The summed E-state index contributed by atoms with van der Waals surface area (Å²) in [7, 11) is 0. The number of carbonyl (C=O) groups excluding carboxylic acids is 1. The van der Waals surface area contributed by atoms with Crippen LogP contribution in [0, 0.1) is 0 Å². The number of nitrogen functional groups attached to an aromatic ring is 1. The van der Waals surface area contributed by atoms with Gasteiger partial charge in [0.2, 0.25) is 5.91 Å². The zero-order chi connectivity index (χ0) is 14.0. The van der Waals surface area contributed by atoms with Crippen LogP contribution in [0.4, 0.5) is 11.6 Å². The lowest BCUT2D eigenvalue weighted by molar-refractivity contribution is -0.118. The van der Waals surface area contributed by atoms with Gasteiger partial charge in [0.25, 0.3) is 0 Å². The van der Waals surface area contributed by atoms with Crippen molar-refractivity contribution in [3.8, 4) is 0 Å². The van der Waals surface area contributed by atoms with Crippen molar-refractivity contribution >= 4 is 17.5 Å². The van der Waals surface area contributed by atoms with Crippen molar-refractivity contribution in [3.63, 3.8) is 0 Å². The molecule has 1 amide bonds. The maximum absolute atomic E-state index is 11.0. The van der Waals surface area contributed by atoms with Gasteiger partial charge in [-0.1, -0.05) is 0 Å². The van der Waals surface area contributed by atoms with Gasteiger partial charge >= 0.3 is 0 Å². The number of hydrogen-bond acceptors (Lipinski definition) is 6. The van der Waals surface area contributed by atoms with Crippen molar-refractivity contribution in [2.45, 2.75) is 44.6 Å². The van der Waals surface area contributed by atoms with Gasteiger partial charge in [-0.25, -0.2) is 15.8 Å². The molecule has 1 saturated carbocycles. The van der Waals surface area contributed by atoms with Crippen molar-refractivity contribution in [1.29, 1.82) is 0 Å². The fourth-order valence-electron chi connectivity index (χ4n) is 1.95. The summed E-state index contributed by atoms with van der Waals surface area (Å²) in [4.78, 5) is 19.8. The second kappa shape index (κ2) is 5.00. The zero-order valence-corrected chi connectivity index (χ0v) is 11.2. The first-order valence-corrected chi connectivity index (χ1v) is 6.32. The topological polar surface area (TPSA) is 119 Å². The fourth-order valence-corrected chi connectivity index (χ4v) is 1.95. The molecule has 0 aliphatic heterocycles. The number of carbonyl (C=O) groups is 1. The number of nitrogens with zero attached hydrogens (tertiary/aromatic N) is 2. The molecule has 1 heterocycles. The standard InChI is InChI=1S/C12H20N6O/c1-12(2,6-8(13)19)17-9-5-10(18-14)16-11(15-9)7-3-4-7/h5,7H,3-4,6,14H2,1-2H3,(H2,13,19)(H2,15,16,17,18). The van der Waals surface area contributed by atoms with E-state index < -0.39 is 5.54 Å². The molecule has 7 nitrogen and oxygen atoms in total. The number of aromatic nitrogens is 2. The lowest BCUT2D eigenvalue weighted by Gasteiger charge is -2.25. The van der Waals surface area contributed by atoms with Crippen LogP contribution in [0.2, 0.25) is 0 Å². The third-order valence-corrected chi connectivity index (χ3v) is 2.92. The Morgan fingerprint density at radius 3 is 2.58 bits per heavy atom. The van der Waals surface area contributed by atoms with Crippen molar-refractivity contribution < 1.29 is 4.79 Å². The van der Waals surface area contributed by atoms with Crippen LogP contribution in [0.25, 0.3) is 0 Å². The third kappa shape index (κ3) is 3.78. The SMILES string of the molecule is CC(C)(CC(N)=O)Nc1cc(NN)nc(C2CC2)n1. The minimum atomic E-state index is -0.465. The van der Waals surface area contributed by atoms with Gasteiger partial charge in [-0.05, 0) is 26.7 Å². The van der Waals surface area contributed by atoms with E-state index in [9.17, 15) is 4.79 Å². The summed E-state index contributed by atoms with van der Waals surface area (Å²) in [5, 5.41) is 3.20. The van der Waals surface area contributed by atoms with E-state index in [1.807, 2.05) is 13.8 Å². The zero-order valence-electron chi connectivity index (χ0n) is 11.2. The van der Waals surface area contributed by atoms with Gasteiger partial charge in [0.1, 0.15) is 17.5 Å². The quantitative estimate of drug-likeness (QED) is 0.443. The summed E-state index contributed by atoms with van der Waals surface area (Å²) in [6, 6.07) is 1.72. The van der Waals surface area contributed by atoms with Crippen molar-refractivity contribution in [3.05, 3.63) is 11.9 Å². The number of primary amides is 1. The summed E-state index contributed by atoms with van der Waals surface area (Å²) in [6.07, 6.45) is 2.44. The molecule has 1 aromatic heterocycles. The number of nitrogens with one attached hydrogen (secondary N) is 2. The highest BCUT2D eigenvalue weighted by Crippen LogP contribution is 2.39. The molecule has 2 rings (SSSR count). The lowest BCUT2D eigenvalue weighted by Crippen LogP contribution is -2.36. The van der Waals surface area contributed by atoms with E-state index >= 15 is 0 Å². The van der Waals surface area contributed by atoms with E-state index in [0.717, 1.165) is 18.7 Å². The van der Waals surface area contributed by atoms with Gasteiger partial charge in [0, 0.05) is 23.9 Å². The average molecular weight is 264 g/mol. The van der Waals surface area contributed by atoms with Crippen molar-refractivity contribution in [2.24, 2.45) is 11.6 Å². The number of nitrogens with two attached hydrogens (primary N) is 2. The molecule has 1 aromatic rings. The molecule has 0 bridgehead atoms. The van der Waals surface area contributed by atoms with Gasteiger partial charge in [0.15, 0.2) is 0 Å². The van der Waals surface area contributed by atoms with Gasteiger partial charge in [-0.3, -0.25) is 4.79 Å². The summed E-state index contributed by atoms with van der Waals surface area (Å²) < 4.78 is 0. The van der Waals surface area contributed by atoms with Gasteiger partial charge in [-0.15, -0.1) is 0 Å². The largest absolute Gasteiger partial charge is 0.370 e. The van der Waals surface area contributed by atoms with Crippen molar-refractivity contribution in [2.75, 3.05) is 10.7 Å². The first-order valence-electron chi connectivity index (χ1n) is 6.32. The van der Waals surface area contributed by atoms with Crippen LogP contribution in [0.3, 0.4) is 0 Å². The van der Waals surface area contributed by atoms with E-state index in [1.165, 1.54) is 0 Å². The molecule has 0 aromatic carbocycles. The minimum absolute atomic E-state index is 0.223. The summed E-state index contributed by atoms with van der Waals surface area (Å²) in [6.45, 7) is 3.79. The second-order valence-corrected chi connectivity index (χ2v) is 5.57. The molecule has 7 heteroatoms. The van der Waals surface area contributed by atoms with E-state index in [4.69, 9.17) is 11.6 Å². The molecule has 1 aliphatic carbocycles. The van der Waals surface area contributed by atoms with E-state index in [0.29, 0.717) is 17.6 Å². The molecular weight excluding hydrogens is 244 g/mol. The minimum Gasteiger partial charge on any atom is -0.370 e. The van der Waals surface area contributed by atoms with E-state index in [1.54, 1.807) is 6.07 Å². The third-order valence-electron chi connectivity index (χ3n) is 2.92. The second-order valence-electron chi connectivity index (χ2n) is 5.57. The first-order chi connectivity index (χ1) is 8.89. The molecule has 0 atom stereocenters. The summed E-state index contributed by atoms with van der Waals surface area (Å²) in [5.74, 6) is 7.48. The molecule has 19 heavy (non-hydrogen) atoms. The fraction of sp³-hybridized carbons (Fsp3) is 0.583. The Labute approximate surface area is 112 Å². The number of amides is 1. The molecule has 1 aliphatic rings. The molecule has 104 valence electrons. The van der Waals surface area contributed by atoms with Crippen LogP contribution in [-0.2, 0) is 4.79 Å². The molecule has 0 spiro atoms. The highest BCUT2D eigenvalue weighted by atomic mass is 16.1. The molecule has 0 unspecified atom stereocenters.